The Balaban J connectivity index is 1.73. The fraction of sp³-hybridized carbons (Fsp3) is 0.600. The summed E-state index contributed by atoms with van der Waals surface area (Å²) in [6, 6.07) is 4.41. The summed E-state index contributed by atoms with van der Waals surface area (Å²) in [5.74, 6) is -0.843. The highest BCUT2D eigenvalue weighted by molar-refractivity contribution is 5.34. The average molecular weight is 267 g/mol. The van der Waals surface area contributed by atoms with Crippen molar-refractivity contribution in [3.8, 4) is 0 Å². The number of rotatable bonds is 4. The molecule has 104 valence electrons. The van der Waals surface area contributed by atoms with Crippen molar-refractivity contribution in [3.63, 3.8) is 0 Å². The third-order valence-electron chi connectivity index (χ3n) is 4.43. The van der Waals surface area contributed by atoms with E-state index in [-0.39, 0.29) is 17.1 Å². The second-order valence-corrected chi connectivity index (χ2v) is 5.73. The van der Waals surface area contributed by atoms with E-state index in [4.69, 9.17) is 4.74 Å². The predicted octanol–water partition coefficient (Wildman–Crippen LogP) is 2.76. The molecule has 0 bridgehead atoms. The lowest BCUT2D eigenvalue weighted by molar-refractivity contribution is 0.112. The molecule has 1 heterocycles. The Morgan fingerprint density at radius 1 is 1.32 bits per heavy atom. The number of halogens is 2. The first kappa shape index (κ1) is 13.0. The summed E-state index contributed by atoms with van der Waals surface area (Å²) in [7, 11) is 0. The summed E-state index contributed by atoms with van der Waals surface area (Å²) in [6.45, 7) is 3.43. The van der Waals surface area contributed by atoms with Crippen molar-refractivity contribution in [1.82, 2.24) is 5.32 Å². The Morgan fingerprint density at radius 3 is 2.53 bits per heavy atom. The minimum absolute atomic E-state index is 0.182. The fourth-order valence-corrected chi connectivity index (χ4v) is 3.00. The Hall–Kier alpha value is -1.00. The van der Waals surface area contributed by atoms with Gasteiger partial charge in [0.25, 0.3) is 0 Å². The molecule has 1 aliphatic carbocycles. The smallest absolute Gasteiger partial charge is 0.129 e. The van der Waals surface area contributed by atoms with Gasteiger partial charge in [-0.3, -0.25) is 0 Å². The van der Waals surface area contributed by atoms with Gasteiger partial charge in [0, 0.05) is 30.2 Å². The van der Waals surface area contributed by atoms with E-state index in [0.29, 0.717) is 12.6 Å². The highest BCUT2D eigenvalue weighted by Crippen LogP contribution is 2.49. The van der Waals surface area contributed by atoms with Crippen LogP contribution < -0.4 is 5.32 Å². The summed E-state index contributed by atoms with van der Waals surface area (Å²) in [4.78, 5) is 0. The Kier molecular flexibility index (Phi) is 3.31. The summed E-state index contributed by atoms with van der Waals surface area (Å²) in [5.41, 5.74) is -0.0911. The van der Waals surface area contributed by atoms with Crippen molar-refractivity contribution in [2.24, 2.45) is 0 Å². The van der Waals surface area contributed by atoms with Crippen LogP contribution >= 0.6 is 0 Å². The standard InChI is InChI=1S/C15H19F2NO/c1-10-13(5-8-19-10)18-9-15(6-7-15)14-11(16)3-2-4-12(14)17/h2-4,10,13,18H,5-9H2,1H3/t10-,13-/m0/s1. The fourth-order valence-electron chi connectivity index (χ4n) is 3.00. The van der Waals surface area contributed by atoms with Gasteiger partial charge in [0.2, 0.25) is 0 Å². The molecule has 1 N–H and O–H groups in total. The van der Waals surface area contributed by atoms with E-state index in [1.807, 2.05) is 6.92 Å². The first-order chi connectivity index (χ1) is 9.12. The Morgan fingerprint density at radius 2 is 2.00 bits per heavy atom. The SMILES string of the molecule is C[C@@H]1OCC[C@@H]1NCC1(c2c(F)cccc2F)CC1. The third kappa shape index (κ3) is 2.39. The van der Waals surface area contributed by atoms with Gasteiger partial charge in [-0.15, -0.1) is 0 Å². The molecule has 0 spiro atoms. The molecule has 0 radical (unpaired) electrons. The second kappa shape index (κ2) is 4.84. The maximum atomic E-state index is 13.9. The predicted molar refractivity (Wildman–Crippen MR) is 69.1 cm³/mol. The van der Waals surface area contributed by atoms with Crippen LogP contribution in [0.1, 0.15) is 31.7 Å². The molecule has 1 aromatic carbocycles. The van der Waals surface area contributed by atoms with E-state index in [1.54, 1.807) is 0 Å². The van der Waals surface area contributed by atoms with Crippen LogP contribution in [0.15, 0.2) is 18.2 Å². The van der Waals surface area contributed by atoms with Crippen LogP contribution in [0.25, 0.3) is 0 Å². The maximum absolute atomic E-state index is 13.9. The summed E-state index contributed by atoms with van der Waals surface area (Å²) >= 11 is 0. The quantitative estimate of drug-likeness (QED) is 0.905. The van der Waals surface area contributed by atoms with Gasteiger partial charge in [0.1, 0.15) is 11.6 Å². The summed E-state index contributed by atoms with van der Waals surface area (Å²) < 4.78 is 33.2. The third-order valence-corrected chi connectivity index (χ3v) is 4.43. The zero-order chi connectivity index (χ0) is 13.5. The van der Waals surface area contributed by atoms with Gasteiger partial charge in [-0.1, -0.05) is 6.07 Å². The van der Waals surface area contributed by atoms with Crippen LogP contribution in [-0.4, -0.2) is 25.3 Å². The molecule has 4 heteroatoms. The van der Waals surface area contributed by atoms with E-state index in [9.17, 15) is 8.78 Å². The van der Waals surface area contributed by atoms with Crippen LogP contribution in [0.3, 0.4) is 0 Å². The molecule has 1 aliphatic heterocycles. The number of benzene rings is 1. The van der Waals surface area contributed by atoms with E-state index in [1.165, 1.54) is 18.2 Å². The first-order valence-corrected chi connectivity index (χ1v) is 6.92. The monoisotopic (exact) mass is 267 g/mol. The van der Waals surface area contributed by atoms with E-state index in [0.717, 1.165) is 25.9 Å². The largest absolute Gasteiger partial charge is 0.377 e. The van der Waals surface area contributed by atoms with Gasteiger partial charge < -0.3 is 10.1 Å². The molecule has 1 aromatic rings. The molecular formula is C15H19F2NO. The molecule has 2 atom stereocenters. The molecule has 0 aromatic heterocycles. The van der Waals surface area contributed by atoms with E-state index in [2.05, 4.69) is 5.32 Å². The average Bonchev–Trinajstić information content (AvgIpc) is 3.03. The van der Waals surface area contributed by atoms with Crippen molar-refractivity contribution < 1.29 is 13.5 Å². The van der Waals surface area contributed by atoms with Crippen LogP contribution in [-0.2, 0) is 10.2 Å². The molecule has 2 aliphatic rings. The second-order valence-electron chi connectivity index (χ2n) is 5.73. The van der Waals surface area contributed by atoms with Crippen LogP contribution in [0.5, 0.6) is 0 Å². The minimum Gasteiger partial charge on any atom is -0.377 e. The molecule has 2 fully saturated rings. The molecule has 0 amide bonds. The molecule has 1 saturated carbocycles. The van der Waals surface area contributed by atoms with Crippen LogP contribution in [0.2, 0.25) is 0 Å². The van der Waals surface area contributed by atoms with Crippen LogP contribution in [0, 0.1) is 11.6 Å². The molecule has 2 nitrogen and oxygen atoms in total. The topological polar surface area (TPSA) is 21.3 Å². The number of hydrogen-bond acceptors (Lipinski definition) is 2. The lowest BCUT2D eigenvalue weighted by Gasteiger charge is -2.22. The van der Waals surface area contributed by atoms with Crippen molar-refractivity contribution >= 4 is 0 Å². The zero-order valence-corrected chi connectivity index (χ0v) is 11.1. The van der Waals surface area contributed by atoms with Crippen molar-refractivity contribution in [2.75, 3.05) is 13.2 Å². The molecule has 3 rings (SSSR count). The summed E-state index contributed by atoms with van der Waals surface area (Å²) in [5, 5.41) is 3.43. The van der Waals surface area contributed by atoms with Gasteiger partial charge in [-0.05, 0) is 38.3 Å². The van der Waals surface area contributed by atoms with Gasteiger partial charge in [-0.2, -0.15) is 0 Å². The number of nitrogens with one attached hydrogen (secondary N) is 1. The first-order valence-electron chi connectivity index (χ1n) is 6.92. The molecular weight excluding hydrogens is 248 g/mol. The van der Waals surface area contributed by atoms with Gasteiger partial charge in [0.05, 0.1) is 6.10 Å². The summed E-state index contributed by atoms with van der Waals surface area (Å²) in [6.07, 6.45) is 2.85. The van der Waals surface area contributed by atoms with Crippen molar-refractivity contribution in [3.05, 3.63) is 35.4 Å². The lowest BCUT2D eigenvalue weighted by atomic mass is 9.94. The highest BCUT2D eigenvalue weighted by Gasteiger charge is 2.48. The molecule has 19 heavy (non-hydrogen) atoms. The molecule has 1 saturated heterocycles. The Labute approximate surface area is 112 Å². The van der Waals surface area contributed by atoms with Crippen molar-refractivity contribution in [2.45, 2.75) is 43.7 Å². The lowest BCUT2D eigenvalue weighted by Crippen LogP contribution is -2.40. The molecule has 0 unspecified atom stereocenters. The normalized spacial score (nSPS) is 28.6. The van der Waals surface area contributed by atoms with Crippen molar-refractivity contribution in [1.29, 1.82) is 0 Å². The van der Waals surface area contributed by atoms with Gasteiger partial charge in [-0.25, -0.2) is 8.78 Å². The number of hydrogen-bond donors (Lipinski definition) is 1. The van der Waals surface area contributed by atoms with E-state index < -0.39 is 11.6 Å². The van der Waals surface area contributed by atoms with Gasteiger partial charge >= 0.3 is 0 Å². The number of ether oxygens (including phenoxy) is 1. The Bertz CT molecular complexity index is 453. The van der Waals surface area contributed by atoms with Gasteiger partial charge in [0.15, 0.2) is 0 Å². The zero-order valence-electron chi connectivity index (χ0n) is 11.1. The highest BCUT2D eigenvalue weighted by atomic mass is 19.1. The van der Waals surface area contributed by atoms with Crippen LogP contribution in [0.4, 0.5) is 8.78 Å². The van der Waals surface area contributed by atoms with E-state index >= 15 is 0 Å². The minimum atomic E-state index is -0.421. The maximum Gasteiger partial charge on any atom is 0.129 e.